The summed E-state index contributed by atoms with van der Waals surface area (Å²) < 4.78 is 7.85. The number of nitrogens with one attached hydrogen (secondary N) is 1. The van der Waals surface area contributed by atoms with Gasteiger partial charge in [-0.15, -0.1) is 0 Å². The van der Waals surface area contributed by atoms with Crippen molar-refractivity contribution in [2.24, 2.45) is 5.92 Å². The Balaban J connectivity index is 2.07. The number of ether oxygens (including phenoxy) is 1. The zero-order valence-corrected chi connectivity index (χ0v) is 12.6. The van der Waals surface area contributed by atoms with Crippen LogP contribution in [0.25, 0.3) is 0 Å². The summed E-state index contributed by atoms with van der Waals surface area (Å²) >= 11 is 0. The molecule has 2 rings (SSSR count). The summed E-state index contributed by atoms with van der Waals surface area (Å²) in [7, 11) is 0. The predicted molar refractivity (Wildman–Crippen MR) is 77.3 cm³/mol. The number of nitrogens with zero attached hydrogens (tertiary/aromatic N) is 2. The lowest BCUT2D eigenvalue weighted by atomic mass is 9.93. The Hall–Kier alpha value is -0.870. The zero-order valence-electron chi connectivity index (χ0n) is 12.6. The van der Waals surface area contributed by atoms with E-state index in [1.165, 1.54) is 5.69 Å². The minimum Gasteiger partial charge on any atom is -0.378 e. The fourth-order valence-electron chi connectivity index (χ4n) is 3.06. The molecule has 0 aromatic carbocycles. The topological polar surface area (TPSA) is 39.1 Å². The van der Waals surface area contributed by atoms with Crippen LogP contribution >= 0.6 is 0 Å². The van der Waals surface area contributed by atoms with E-state index in [1.807, 2.05) is 0 Å². The molecule has 19 heavy (non-hydrogen) atoms. The Bertz CT molecular complexity index is 402. The van der Waals surface area contributed by atoms with Crippen LogP contribution in [0.15, 0.2) is 6.07 Å². The number of aryl methyl sites for hydroxylation is 2. The highest BCUT2D eigenvalue weighted by Crippen LogP contribution is 2.24. The van der Waals surface area contributed by atoms with Gasteiger partial charge in [0, 0.05) is 30.6 Å². The van der Waals surface area contributed by atoms with Gasteiger partial charge in [-0.1, -0.05) is 6.92 Å². The maximum absolute atomic E-state index is 5.73. The molecule has 1 aromatic heterocycles. The van der Waals surface area contributed by atoms with Crippen LogP contribution in [0, 0.1) is 12.8 Å². The summed E-state index contributed by atoms with van der Waals surface area (Å²) in [6, 6.07) is 2.71. The quantitative estimate of drug-likeness (QED) is 0.856. The van der Waals surface area contributed by atoms with Gasteiger partial charge in [-0.2, -0.15) is 5.10 Å². The summed E-state index contributed by atoms with van der Waals surface area (Å²) in [5.74, 6) is 0.621. The number of aromatic nitrogens is 2. The molecular formula is C15H27N3O. The fourth-order valence-corrected chi connectivity index (χ4v) is 3.06. The monoisotopic (exact) mass is 265 g/mol. The van der Waals surface area contributed by atoms with E-state index < -0.39 is 0 Å². The number of likely N-dealkylation sites (N-methyl/N-ethyl adjacent to an activating group) is 1. The minimum atomic E-state index is 0.406. The molecule has 1 fully saturated rings. The first-order chi connectivity index (χ1) is 9.13. The van der Waals surface area contributed by atoms with E-state index in [9.17, 15) is 0 Å². The molecule has 1 N–H and O–H groups in total. The molecule has 1 aromatic rings. The molecule has 4 heteroatoms. The first-order valence-electron chi connectivity index (χ1n) is 7.52. The molecule has 0 amide bonds. The van der Waals surface area contributed by atoms with Gasteiger partial charge in [0.15, 0.2) is 0 Å². The molecule has 0 aliphatic carbocycles. The maximum atomic E-state index is 5.73. The molecule has 108 valence electrons. The Morgan fingerprint density at radius 3 is 2.89 bits per heavy atom. The normalized spacial score (nSPS) is 24.8. The minimum absolute atomic E-state index is 0.406. The van der Waals surface area contributed by atoms with Crippen LogP contribution in [-0.2, 0) is 17.7 Å². The van der Waals surface area contributed by atoms with E-state index in [4.69, 9.17) is 4.74 Å². The largest absolute Gasteiger partial charge is 0.378 e. The third-order valence-electron chi connectivity index (χ3n) is 3.98. The van der Waals surface area contributed by atoms with Crippen LogP contribution in [0.2, 0.25) is 0 Å². The Morgan fingerprint density at radius 2 is 2.32 bits per heavy atom. The van der Waals surface area contributed by atoms with E-state index >= 15 is 0 Å². The number of hydrogen-bond acceptors (Lipinski definition) is 3. The highest BCUT2D eigenvalue weighted by atomic mass is 16.5. The SMILES string of the molecule is CCNC(Cc1cc(C)nn1CC)C1COC(C)C1. The van der Waals surface area contributed by atoms with Gasteiger partial charge in [0.25, 0.3) is 0 Å². The predicted octanol–water partition coefficient (Wildman–Crippen LogP) is 2.16. The number of hydrogen-bond donors (Lipinski definition) is 1. The highest BCUT2D eigenvalue weighted by molar-refractivity contribution is 5.11. The molecule has 1 aliphatic heterocycles. The molecule has 3 unspecified atom stereocenters. The van der Waals surface area contributed by atoms with E-state index in [0.717, 1.165) is 38.2 Å². The van der Waals surface area contributed by atoms with Crippen molar-refractivity contribution in [3.63, 3.8) is 0 Å². The van der Waals surface area contributed by atoms with Crippen molar-refractivity contribution in [2.45, 2.75) is 59.2 Å². The van der Waals surface area contributed by atoms with E-state index in [-0.39, 0.29) is 0 Å². The van der Waals surface area contributed by atoms with Crippen LogP contribution in [0.3, 0.4) is 0 Å². The Kier molecular flexibility index (Phi) is 4.99. The lowest BCUT2D eigenvalue weighted by molar-refractivity contribution is 0.117. The first kappa shape index (κ1) is 14.5. The third-order valence-corrected chi connectivity index (χ3v) is 3.98. The second kappa shape index (κ2) is 6.53. The molecule has 0 radical (unpaired) electrons. The van der Waals surface area contributed by atoms with Crippen molar-refractivity contribution in [2.75, 3.05) is 13.2 Å². The second-order valence-corrected chi connectivity index (χ2v) is 5.60. The fraction of sp³-hybridized carbons (Fsp3) is 0.800. The van der Waals surface area contributed by atoms with Crippen LogP contribution in [0.1, 0.15) is 38.6 Å². The smallest absolute Gasteiger partial charge is 0.0596 e. The molecule has 1 aliphatic rings. The third kappa shape index (κ3) is 3.57. The van der Waals surface area contributed by atoms with Crippen LogP contribution in [0.5, 0.6) is 0 Å². The molecule has 3 atom stereocenters. The summed E-state index contributed by atoms with van der Waals surface area (Å²) in [5, 5.41) is 8.17. The van der Waals surface area contributed by atoms with Crippen molar-refractivity contribution < 1.29 is 4.74 Å². The first-order valence-corrected chi connectivity index (χ1v) is 7.52. The van der Waals surface area contributed by atoms with Crippen LogP contribution < -0.4 is 5.32 Å². The molecule has 0 spiro atoms. The van der Waals surface area contributed by atoms with Crippen molar-refractivity contribution >= 4 is 0 Å². The van der Waals surface area contributed by atoms with Crippen molar-refractivity contribution in [3.05, 3.63) is 17.5 Å². The van der Waals surface area contributed by atoms with Gasteiger partial charge in [-0.3, -0.25) is 4.68 Å². The van der Waals surface area contributed by atoms with E-state index in [1.54, 1.807) is 0 Å². The highest BCUT2D eigenvalue weighted by Gasteiger charge is 2.29. The lowest BCUT2D eigenvalue weighted by Crippen LogP contribution is -2.39. The van der Waals surface area contributed by atoms with Gasteiger partial charge in [0.05, 0.1) is 18.4 Å². The average molecular weight is 265 g/mol. The van der Waals surface area contributed by atoms with Gasteiger partial charge in [0.2, 0.25) is 0 Å². The van der Waals surface area contributed by atoms with Crippen molar-refractivity contribution in [1.29, 1.82) is 0 Å². The van der Waals surface area contributed by atoms with Gasteiger partial charge < -0.3 is 10.1 Å². The van der Waals surface area contributed by atoms with E-state index in [2.05, 4.69) is 48.9 Å². The molecular weight excluding hydrogens is 238 g/mol. The van der Waals surface area contributed by atoms with Gasteiger partial charge >= 0.3 is 0 Å². The van der Waals surface area contributed by atoms with Gasteiger partial charge in [-0.05, 0) is 39.8 Å². The van der Waals surface area contributed by atoms with E-state index in [0.29, 0.717) is 18.1 Å². The zero-order chi connectivity index (χ0) is 13.8. The second-order valence-electron chi connectivity index (χ2n) is 5.60. The molecule has 0 saturated carbocycles. The lowest BCUT2D eigenvalue weighted by Gasteiger charge is -2.23. The Labute approximate surface area is 116 Å². The molecule has 0 bridgehead atoms. The standard InChI is InChI=1S/C15H27N3O/c1-5-16-15(13-8-12(4)19-10-13)9-14-7-11(3)17-18(14)6-2/h7,12-13,15-16H,5-6,8-10H2,1-4H3. The van der Waals surface area contributed by atoms with Crippen LogP contribution in [0.4, 0.5) is 0 Å². The van der Waals surface area contributed by atoms with Gasteiger partial charge in [0.1, 0.15) is 0 Å². The van der Waals surface area contributed by atoms with Gasteiger partial charge in [-0.25, -0.2) is 0 Å². The summed E-state index contributed by atoms with van der Waals surface area (Å²) in [6.45, 7) is 11.4. The molecule has 2 heterocycles. The van der Waals surface area contributed by atoms with Crippen LogP contribution in [-0.4, -0.2) is 35.1 Å². The average Bonchev–Trinajstić information content (AvgIpc) is 2.95. The number of rotatable bonds is 6. The summed E-state index contributed by atoms with van der Waals surface area (Å²) in [5.41, 5.74) is 2.45. The Morgan fingerprint density at radius 1 is 1.53 bits per heavy atom. The van der Waals surface area contributed by atoms with Crippen molar-refractivity contribution in [3.8, 4) is 0 Å². The maximum Gasteiger partial charge on any atom is 0.0596 e. The summed E-state index contributed by atoms with van der Waals surface area (Å²) in [6.07, 6.45) is 2.61. The molecule has 4 nitrogen and oxygen atoms in total. The van der Waals surface area contributed by atoms with Crippen molar-refractivity contribution in [1.82, 2.24) is 15.1 Å². The summed E-state index contributed by atoms with van der Waals surface area (Å²) in [4.78, 5) is 0. The molecule has 1 saturated heterocycles.